The Labute approximate surface area is 181 Å². The Morgan fingerprint density at radius 3 is 2.47 bits per heavy atom. The average Bonchev–Trinajstić information content (AvgIpc) is 3.25. The summed E-state index contributed by atoms with van der Waals surface area (Å²) >= 11 is 0. The Morgan fingerprint density at radius 2 is 1.81 bits per heavy atom. The Bertz CT molecular complexity index is 1030. The van der Waals surface area contributed by atoms with Crippen LogP contribution < -0.4 is 5.32 Å². The lowest BCUT2D eigenvalue weighted by Crippen LogP contribution is -2.32. The van der Waals surface area contributed by atoms with E-state index in [1.54, 1.807) is 24.3 Å². The maximum absolute atomic E-state index is 13.2. The number of nitrogens with zero attached hydrogens (tertiary/aromatic N) is 3. The Morgan fingerprint density at radius 1 is 1.12 bits per heavy atom. The molecule has 32 heavy (non-hydrogen) atoms. The van der Waals surface area contributed by atoms with Gasteiger partial charge in [-0.1, -0.05) is 12.1 Å². The van der Waals surface area contributed by atoms with Crippen LogP contribution in [0.25, 0.3) is 0 Å². The third-order valence-corrected chi connectivity index (χ3v) is 5.47. The quantitative estimate of drug-likeness (QED) is 0.653. The second kappa shape index (κ2) is 8.73. The summed E-state index contributed by atoms with van der Waals surface area (Å²) in [5.74, 6) is -1.07. The number of nitrogens with one attached hydrogen (secondary N) is 1. The molecule has 1 aromatic carbocycles. The standard InChI is InChI=1S/C21H21F3N4O4/c22-21(23,24)18-15-12-32-11-7-16(15)28(26-18)10-8-25-17(29)6-3-9-27-19(30)13-4-1-2-5-14(13)20(27)31/h1-2,4-5H,3,6-12H2,(H,25,29). The number of ether oxygens (including phenoxy) is 1. The van der Waals surface area contributed by atoms with E-state index in [2.05, 4.69) is 10.4 Å². The molecule has 2 aliphatic rings. The molecule has 0 spiro atoms. The number of aromatic nitrogens is 2. The van der Waals surface area contributed by atoms with Gasteiger partial charge in [-0.2, -0.15) is 18.3 Å². The summed E-state index contributed by atoms with van der Waals surface area (Å²) in [5.41, 5.74) is 0.292. The predicted molar refractivity (Wildman–Crippen MR) is 105 cm³/mol. The number of carbonyl (C=O) groups is 3. The number of rotatable bonds is 7. The van der Waals surface area contributed by atoms with E-state index in [9.17, 15) is 27.6 Å². The zero-order valence-corrected chi connectivity index (χ0v) is 17.1. The second-order valence-corrected chi connectivity index (χ2v) is 7.56. The van der Waals surface area contributed by atoms with Crippen molar-refractivity contribution in [2.75, 3.05) is 19.7 Å². The summed E-state index contributed by atoms with van der Waals surface area (Å²) in [6.07, 6.45) is -3.88. The van der Waals surface area contributed by atoms with E-state index in [-0.39, 0.29) is 62.4 Å². The minimum Gasteiger partial charge on any atom is -0.376 e. The number of fused-ring (bicyclic) bond motifs is 2. The molecule has 1 aromatic heterocycles. The van der Waals surface area contributed by atoms with Gasteiger partial charge in [0.2, 0.25) is 5.91 Å². The molecule has 0 radical (unpaired) electrons. The van der Waals surface area contributed by atoms with Crippen LogP contribution in [-0.4, -0.2) is 52.1 Å². The summed E-state index contributed by atoms with van der Waals surface area (Å²) in [5, 5.41) is 6.34. The van der Waals surface area contributed by atoms with Crippen molar-refractivity contribution in [2.24, 2.45) is 0 Å². The predicted octanol–water partition coefficient (Wildman–Crippen LogP) is 2.17. The molecule has 0 bridgehead atoms. The summed E-state index contributed by atoms with van der Waals surface area (Å²) in [6.45, 7) is 0.510. The van der Waals surface area contributed by atoms with Gasteiger partial charge in [-0.05, 0) is 18.6 Å². The van der Waals surface area contributed by atoms with E-state index >= 15 is 0 Å². The molecule has 0 unspecified atom stereocenters. The molecule has 1 N–H and O–H groups in total. The lowest BCUT2D eigenvalue weighted by molar-refractivity contribution is -0.142. The van der Waals surface area contributed by atoms with Crippen LogP contribution in [-0.2, 0) is 35.3 Å². The van der Waals surface area contributed by atoms with Gasteiger partial charge in [-0.25, -0.2) is 0 Å². The summed E-state index contributed by atoms with van der Waals surface area (Å²) in [7, 11) is 0. The molecule has 2 aliphatic heterocycles. The second-order valence-electron chi connectivity index (χ2n) is 7.56. The van der Waals surface area contributed by atoms with E-state index in [4.69, 9.17) is 4.74 Å². The summed E-state index contributed by atoms with van der Waals surface area (Å²) < 4.78 is 46.0. The monoisotopic (exact) mass is 450 g/mol. The number of carbonyl (C=O) groups excluding carboxylic acids is 3. The zero-order chi connectivity index (χ0) is 22.9. The van der Waals surface area contributed by atoms with Gasteiger partial charge in [-0.15, -0.1) is 0 Å². The van der Waals surface area contributed by atoms with Crippen LogP contribution in [0.2, 0.25) is 0 Å². The maximum atomic E-state index is 13.2. The van der Waals surface area contributed by atoms with E-state index in [1.807, 2.05) is 0 Å². The van der Waals surface area contributed by atoms with Gasteiger partial charge in [0.05, 0.1) is 30.9 Å². The van der Waals surface area contributed by atoms with Crippen molar-refractivity contribution in [3.05, 3.63) is 52.3 Å². The van der Waals surface area contributed by atoms with Crippen molar-refractivity contribution in [3.63, 3.8) is 0 Å². The average molecular weight is 450 g/mol. The van der Waals surface area contributed by atoms with E-state index in [0.29, 0.717) is 29.8 Å². The fourth-order valence-electron chi connectivity index (χ4n) is 3.95. The van der Waals surface area contributed by atoms with Crippen LogP contribution in [0.1, 0.15) is 50.5 Å². The first kappa shape index (κ1) is 22.0. The van der Waals surface area contributed by atoms with E-state index in [0.717, 1.165) is 4.90 Å². The van der Waals surface area contributed by atoms with Crippen molar-refractivity contribution in [1.82, 2.24) is 20.0 Å². The van der Waals surface area contributed by atoms with Crippen molar-refractivity contribution in [1.29, 1.82) is 0 Å². The van der Waals surface area contributed by atoms with Crippen molar-refractivity contribution < 1.29 is 32.3 Å². The molecule has 170 valence electrons. The molecule has 11 heteroatoms. The van der Waals surface area contributed by atoms with Gasteiger partial charge in [0.1, 0.15) is 0 Å². The lowest BCUT2D eigenvalue weighted by atomic mass is 10.1. The first-order valence-electron chi connectivity index (χ1n) is 10.2. The Kier molecular flexibility index (Phi) is 6.00. The minimum atomic E-state index is -4.57. The number of hydrogen-bond acceptors (Lipinski definition) is 5. The van der Waals surface area contributed by atoms with Crippen LogP contribution in [0.5, 0.6) is 0 Å². The Hall–Kier alpha value is -3.21. The smallest absolute Gasteiger partial charge is 0.376 e. The highest BCUT2D eigenvalue weighted by Gasteiger charge is 2.40. The van der Waals surface area contributed by atoms with Crippen LogP contribution in [0, 0.1) is 0 Å². The van der Waals surface area contributed by atoms with Crippen LogP contribution in [0.4, 0.5) is 13.2 Å². The van der Waals surface area contributed by atoms with Gasteiger partial charge in [0, 0.05) is 37.2 Å². The summed E-state index contributed by atoms with van der Waals surface area (Å²) in [4.78, 5) is 37.8. The highest BCUT2D eigenvalue weighted by Crippen LogP contribution is 2.34. The van der Waals surface area contributed by atoms with E-state index in [1.165, 1.54) is 4.68 Å². The van der Waals surface area contributed by atoms with E-state index < -0.39 is 11.9 Å². The lowest BCUT2D eigenvalue weighted by Gasteiger charge is -2.16. The molecular formula is C21H21F3N4O4. The first-order chi connectivity index (χ1) is 15.3. The minimum absolute atomic E-state index is 0.0519. The fraction of sp³-hybridized carbons (Fsp3) is 0.429. The SMILES string of the molecule is O=C(CCCN1C(=O)c2ccccc2C1=O)NCCn1nc(C(F)(F)F)c2c1CCOC2. The molecule has 4 rings (SSSR count). The molecule has 2 aromatic rings. The third-order valence-electron chi connectivity index (χ3n) is 5.47. The zero-order valence-electron chi connectivity index (χ0n) is 17.1. The van der Waals surface area contributed by atoms with Gasteiger partial charge >= 0.3 is 6.18 Å². The maximum Gasteiger partial charge on any atom is 0.435 e. The molecular weight excluding hydrogens is 429 g/mol. The molecule has 0 aliphatic carbocycles. The number of halogens is 3. The van der Waals surface area contributed by atoms with Crippen molar-refractivity contribution in [3.8, 4) is 0 Å². The molecule has 0 atom stereocenters. The van der Waals surface area contributed by atoms with Crippen molar-refractivity contribution in [2.45, 2.75) is 38.6 Å². The fourth-order valence-corrected chi connectivity index (χ4v) is 3.95. The number of hydrogen-bond donors (Lipinski definition) is 1. The van der Waals surface area contributed by atoms with Crippen LogP contribution in [0.3, 0.4) is 0 Å². The molecule has 0 saturated heterocycles. The number of benzene rings is 1. The third kappa shape index (κ3) is 4.24. The molecule has 3 heterocycles. The van der Waals surface area contributed by atoms with Crippen LogP contribution >= 0.6 is 0 Å². The largest absolute Gasteiger partial charge is 0.435 e. The van der Waals surface area contributed by atoms with Gasteiger partial charge in [-0.3, -0.25) is 24.0 Å². The van der Waals surface area contributed by atoms with Crippen molar-refractivity contribution >= 4 is 17.7 Å². The highest BCUT2D eigenvalue weighted by atomic mass is 19.4. The molecule has 0 saturated carbocycles. The molecule has 8 nitrogen and oxygen atoms in total. The first-order valence-corrected chi connectivity index (χ1v) is 10.2. The highest BCUT2D eigenvalue weighted by molar-refractivity contribution is 6.21. The topological polar surface area (TPSA) is 93.5 Å². The number of alkyl halides is 3. The number of imide groups is 1. The normalized spacial score (nSPS) is 15.7. The van der Waals surface area contributed by atoms with Gasteiger partial charge < -0.3 is 10.1 Å². The summed E-state index contributed by atoms with van der Waals surface area (Å²) in [6, 6.07) is 6.55. The number of amides is 3. The van der Waals surface area contributed by atoms with Gasteiger partial charge in [0.25, 0.3) is 11.8 Å². The molecule has 0 fully saturated rings. The van der Waals surface area contributed by atoms with Gasteiger partial charge in [0.15, 0.2) is 5.69 Å². The Balaban J connectivity index is 1.26. The molecule has 3 amide bonds. The van der Waals surface area contributed by atoms with Crippen LogP contribution in [0.15, 0.2) is 24.3 Å².